The molecule has 2 aliphatic rings. The topological polar surface area (TPSA) is 39.1 Å². The van der Waals surface area contributed by atoms with Crippen molar-refractivity contribution in [1.82, 2.24) is 9.78 Å². The number of anilines is 1. The van der Waals surface area contributed by atoms with Crippen LogP contribution < -0.4 is 5.32 Å². The highest BCUT2D eigenvalue weighted by molar-refractivity contribution is 5.40. The molecule has 1 aromatic rings. The minimum Gasteiger partial charge on any atom is -0.376 e. The van der Waals surface area contributed by atoms with E-state index in [0.717, 1.165) is 19.6 Å². The first-order chi connectivity index (χ1) is 8.25. The van der Waals surface area contributed by atoms with Crippen molar-refractivity contribution in [3.63, 3.8) is 0 Å². The van der Waals surface area contributed by atoms with Gasteiger partial charge in [0, 0.05) is 19.2 Å². The van der Waals surface area contributed by atoms with E-state index in [-0.39, 0.29) is 0 Å². The largest absolute Gasteiger partial charge is 0.376 e. The lowest BCUT2D eigenvalue weighted by Gasteiger charge is -2.29. The second-order valence-electron chi connectivity index (χ2n) is 5.39. The van der Waals surface area contributed by atoms with Crippen molar-refractivity contribution in [2.75, 3.05) is 18.5 Å². The molecule has 3 heterocycles. The monoisotopic (exact) mass is 235 g/mol. The zero-order valence-corrected chi connectivity index (χ0v) is 10.6. The number of nitrogens with zero attached hydrogens (tertiary/aromatic N) is 2. The van der Waals surface area contributed by atoms with Crippen LogP contribution in [0.3, 0.4) is 0 Å². The van der Waals surface area contributed by atoms with Crippen LogP contribution in [-0.2, 0) is 4.74 Å². The molecule has 4 nitrogen and oxygen atoms in total. The van der Waals surface area contributed by atoms with Crippen LogP contribution in [0.25, 0.3) is 0 Å². The first kappa shape index (κ1) is 11.1. The van der Waals surface area contributed by atoms with E-state index in [2.05, 4.69) is 29.9 Å². The third kappa shape index (κ3) is 1.95. The zero-order valence-electron chi connectivity index (χ0n) is 10.6. The predicted molar refractivity (Wildman–Crippen MR) is 67.4 cm³/mol. The highest BCUT2D eigenvalue weighted by Crippen LogP contribution is 2.33. The fourth-order valence-corrected chi connectivity index (χ4v) is 2.80. The molecule has 1 aromatic heterocycles. The van der Waals surface area contributed by atoms with E-state index in [9.17, 15) is 0 Å². The highest BCUT2D eigenvalue weighted by atomic mass is 16.5. The third-order valence-corrected chi connectivity index (χ3v) is 3.80. The number of fused-ring (bicyclic) bond motifs is 1. The molecule has 0 amide bonds. The Morgan fingerprint density at radius 1 is 1.47 bits per heavy atom. The average Bonchev–Trinajstić information content (AvgIpc) is 2.97. The van der Waals surface area contributed by atoms with Crippen molar-refractivity contribution in [1.29, 1.82) is 0 Å². The van der Waals surface area contributed by atoms with Crippen molar-refractivity contribution in [3.8, 4) is 0 Å². The SMILES string of the molecule is CC(C)c1cc2n(n1)C(C1CCCO1)CCN2. The molecule has 2 unspecified atom stereocenters. The third-order valence-electron chi connectivity index (χ3n) is 3.80. The van der Waals surface area contributed by atoms with Gasteiger partial charge in [0.1, 0.15) is 5.82 Å². The summed E-state index contributed by atoms with van der Waals surface area (Å²) >= 11 is 0. The Hall–Kier alpha value is -1.03. The van der Waals surface area contributed by atoms with Crippen LogP contribution >= 0.6 is 0 Å². The molecule has 3 rings (SSSR count). The molecule has 1 fully saturated rings. The summed E-state index contributed by atoms with van der Waals surface area (Å²) in [5.41, 5.74) is 1.18. The summed E-state index contributed by atoms with van der Waals surface area (Å²) in [6.45, 7) is 6.33. The fraction of sp³-hybridized carbons (Fsp3) is 0.769. The maximum Gasteiger partial charge on any atom is 0.124 e. The van der Waals surface area contributed by atoms with Gasteiger partial charge in [-0.2, -0.15) is 5.10 Å². The summed E-state index contributed by atoms with van der Waals surface area (Å²) in [5.74, 6) is 1.65. The number of nitrogens with one attached hydrogen (secondary N) is 1. The smallest absolute Gasteiger partial charge is 0.124 e. The van der Waals surface area contributed by atoms with Crippen LogP contribution in [0.5, 0.6) is 0 Å². The number of rotatable bonds is 2. The molecular weight excluding hydrogens is 214 g/mol. The van der Waals surface area contributed by atoms with Gasteiger partial charge in [0.2, 0.25) is 0 Å². The van der Waals surface area contributed by atoms with Gasteiger partial charge < -0.3 is 10.1 Å². The lowest BCUT2D eigenvalue weighted by molar-refractivity contribution is 0.0590. The van der Waals surface area contributed by atoms with E-state index < -0.39 is 0 Å². The molecule has 0 spiro atoms. The molecule has 1 N–H and O–H groups in total. The van der Waals surface area contributed by atoms with Gasteiger partial charge in [0.05, 0.1) is 17.8 Å². The Morgan fingerprint density at radius 3 is 3.06 bits per heavy atom. The molecule has 17 heavy (non-hydrogen) atoms. The Bertz CT molecular complexity index is 393. The molecule has 0 aromatic carbocycles. The molecule has 1 saturated heterocycles. The Labute approximate surface area is 102 Å². The summed E-state index contributed by atoms with van der Waals surface area (Å²) in [6.07, 6.45) is 3.87. The molecule has 94 valence electrons. The van der Waals surface area contributed by atoms with Gasteiger partial charge in [-0.15, -0.1) is 0 Å². The Kier molecular flexibility index (Phi) is 2.82. The van der Waals surface area contributed by atoms with E-state index in [1.165, 1.54) is 24.4 Å². The standard InChI is InChI=1S/C13H21N3O/c1-9(2)10-8-13-14-6-5-11(16(13)15-10)12-4-3-7-17-12/h8-9,11-12,14H,3-7H2,1-2H3. The maximum absolute atomic E-state index is 5.83. The molecule has 0 radical (unpaired) electrons. The Balaban J connectivity index is 1.89. The second-order valence-corrected chi connectivity index (χ2v) is 5.39. The maximum atomic E-state index is 5.83. The summed E-state index contributed by atoms with van der Waals surface area (Å²) in [5, 5.41) is 8.19. The minimum absolute atomic E-state index is 0.371. The lowest BCUT2D eigenvalue weighted by atomic mass is 10.0. The number of hydrogen-bond acceptors (Lipinski definition) is 3. The van der Waals surface area contributed by atoms with E-state index in [0.29, 0.717) is 18.1 Å². The molecule has 2 aliphatic heterocycles. The van der Waals surface area contributed by atoms with E-state index in [1.54, 1.807) is 0 Å². The van der Waals surface area contributed by atoms with Crippen LogP contribution in [0.1, 0.15) is 50.8 Å². The number of ether oxygens (including phenoxy) is 1. The van der Waals surface area contributed by atoms with Crippen LogP contribution in [0.15, 0.2) is 6.07 Å². The zero-order chi connectivity index (χ0) is 11.8. The van der Waals surface area contributed by atoms with Gasteiger partial charge in [-0.05, 0) is 25.2 Å². The van der Waals surface area contributed by atoms with Gasteiger partial charge >= 0.3 is 0 Å². The van der Waals surface area contributed by atoms with Crippen LogP contribution in [-0.4, -0.2) is 29.0 Å². The normalized spacial score (nSPS) is 28.2. The lowest BCUT2D eigenvalue weighted by Crippen LogP contribution is -2.31. The van der Waals surface area contributed by atoms with Gasteiger partial charge in [-0.1, -0.05) is 13.8 Å². The van der Waals surface area contributed by atoms with Crippen molar-refractivity contribution in [2.45, 2.75) is 51.2 Å². The molecule has 0 bridgehead atoms. The quantitative estimate of drug-likeness (QED) is 0.856. The first-order valence-corrected chi connectivity index (χ1v) is 6.70. The minimum atomic E-state index is 0.371. The molecule has 0 aliphatic carbocycles. The Morgan fingerprint density at radius 2 is 2.35 bits per heavy atom. The average molecular weight is 235 g/mol. The van der Waals surface area contributed by atoms with Gasteiger partial charge in [-0.25, -0.2) is 4.68 Å². The van der Waals surface area contributed by atoms with Crippen molar-refractivity contribution < 1.29 is 4.74 Å². The van der Waals surface area contributed by atoms with E-state index in [4.69, 9.17) is 9.84 Å². The van der Waals surface area contributed by atoms with Gasteiger partial charge in [0.25, 0.3) is 0 Å². The van der Waals surface area contributed by atoms with Crippen LogP contribution in [0.2, 0.25) is 0 Å². The van der Waals surface area contributed by atoms with Gasteiger partial charge in [-0.3, -0.25) is 0 Å². The molecule has 2 atom stereocenters. The van der Waals surface area contributed by atoms with Crippen LogP contribution in [0.4, 0.5) is 5.82 Å². The molecule has 4 heteroatoms. The molecule has 0 saturated carbocycles. The fourth-order valence-electron chi connectivity index (χ4n) is 2.80. The molecular formula is C13H21N3O. The van der Waals surface area contributed by atoms with E-state index in [1.807, 2.05) is 0 Å². The predicted octanol–water partition coefficient (Wildman–Crippen LogP) is 2.54. The number of aromatic nitrogens is 2. The van der Waals surface area contributed by atoms with Crippen molar-refractivity contribution in [3.05, 3.63) is 11.8 Å². The summed E-state index contributed by atoms with van der Waals surface area (Å²) in [7, 11) is 0. The second kappa shape index (κ2) is 4.33. The summed E-state index contributed by atoms with van der Waals surface area (Å²) in [6, 6.07) is 2.62. The highest BCUT2D eigenvalue weighted by Gasteiger charge is 2.32. The van der Waals surface area contributed by atoms with Crippen molar-refractivity contribution in [2.24, 2.45) is 0 Å². The van der Waals surface area contributed by atoms with E-state index >= 15 is 0 Å². The first-order valence-electron chi connectivity index (χ1n) is 6.70. The number of hydrogen-bond donors (Lipinski definition) is 1. The van der Waals surface area contributed by atoms with Crippen molar-refractivity contribution >= 4 is 5.82 Å². The summed E-state index contributed by atoms with van der Waals surface area (Å²) in [4.78, 5) is 0. The summed E-state index contributed by atoms with van der Waals surface area (Å²) < 4.78 is 7.99. The van der Waals surface area contributed by atoms with Crippen LogP contribution in [0, 0.1) is 0 Å². The van der Waals surface area contributed by atoms with Gasteiger partial charge in [0.15, 0.2) is 0 Å².